The Hall–Kier alpha value is -1.20. The third-order valence-electron chi connectivity index (χ3n) is 10.5. The van der Waals surface area contributed by atoms with E-state index in [2.05, 4.69) is 31.7 Å². The first-order chi connectivity index (χ1) is 25.1. The summed E-state index contributed by atoms with van der Waals surface area (Å²) in [5.41, 5.74) is 0.919. The number of nitrogens with zero attached hydrogens (tertiary/aromatic N) is 1. The van der Waals surface area contributed by atoms with Crippen molar-refractivity contribution in [2.45, 2.75) is 239 Å². The molecule has 0 saturated heterocycles. The van der Waals surface area contributed by atoms with Crippen LogP contribution in [0, 0.1) is 0 Å². The molecule has 0 spiro atoms. The van der Waals surface area contributed by atoms with E-state index in [4.69, 9.17) is 4.74 Å². The number of hydrogen-bond acceptors (Lipinski definition) is 5. The summed E-state index contributed by atoms with van der Waals surface area (Å²) in [5, 5.41) is 9.55. The second-order valence-electron chi connectivity index (χ2n) is 15.6. The first kappa shape index (κ1) is 49.8. The van der Waals surface area contributed by atoms with Gasteiger partial charge in [0, 0.05) is 25.0 Å². The highest BCUT2D eigenvalue weighted by atomic mass is 16.5. The van der Waals surface area contributed by atoms with Crippen LogP contribution in [0.2, 0.25) is 0 Å². The van der Waals surface area contributed by atoms with Gasteiger partial charge in [0.05, 0.1) is 13.2 Å². The van der Waals surface area contributed by atoms with Crippen molar-refractivity contribution < 1.29 is 19.4 Å². The number of allylic oxidation sites excluding steroid dienone is 1. The maximum absolute atomic E-state index is 12.9. The normalized spacial score (nSPS) is 11.9. The van der Waals surface area contributed by atoms with Gasteiger partial charge in [-0.15, -0.1) is 0 Å². The van der Waals surface area contributed by atoms with E-state index in [0.717, 1.165) is 83.0 Å². The maximum Gasteiger partial charge on any atom is 0.333 e. The highest BCUT2D eigenvalue weighted by Gasteiger charge is 2.11. The van der Waals surface area contributed by atoms with Gasteiger partial charge in [-0.25, -0.2) is 4.79 Å². The zero-order valence-electron chi connectivity index (χ0n) is 34.8. The van der Waals surface area contributed by atoms with Gasteiger partial charge in [-0.05, 0) is 70.9 Å². The first-order valence-electron chi connectivity index (χ1n) is 22.8. The van der Waals surface area contributed by atoms with Crippen molar-refractivity contribution in [2.24, 2.45) is 0 Å². The number of ether oxygens (including phenoxy) is 1. The van der Waals surface area contributed by atoms with E-state index < -0.39 is 0 Å². The van der Waals surface area contributed by atoms with Crippen molar-refractivity contribution in [3.63, 3.8) is 0 Å². The van der Waals surface area contributed by atoms with E-state index in [9.17, 15) is 14.7 Å². The molecule has 302 valence electrons. The van der Waals surface area contributed by atoms with E-state index in [0.29, 0.717) is 12.4 Å². The van der Waals surface area contributed by atoms with Crippen molar-refractivity contribution in [3.05, 3.63) is 11.6 Å². The fraction of sp³-hybridized carbons (Fsp3) is 0.913. The van der Waals surface area contributed by atoms with Crippen LogP contribution in [0.5, 0.6) is 0 Å². The molecule has 1 N–H and O–H groups in total. The summed E-state index contributed by atoms with van der Waals surface area (Å²) < 4.78 is 5.74. The second kappa shape index (κ2) is 41.6. The van der Waals surface area contributed by atoms with Gasteiger partial charge in [0.1, 0.15) is 5.78 Å². The van der Waals surface area contributed by atoms with Crippen LogP contribution in [0.15, 0.2) is 11.6 Å². The molecule has 0 aromatic carbocycles. The Balaban J connectivity index is 3.94. The molecule has 51 heavy (non-hydrogen) atoms. The Bertz CT molecular complexity index is 766. The molecule has 0 aliphatic rings. The number of aliphatic hydroxyl groups is 1. The lowest BCUT2D eigenvalue weighted by Crippen LogP contribution is -2.29. The number of ketones is 1. The Morgan fingerprint density at radius 1 is 0.471 bits per heavy atom. The van der Waals surface area contributed by atoms with Crippen LogP contribution in [0.25, 0.3) is 0 Å². The Morgan fingerprint density at radius 3 is 1.33 bits per heavy atom. The molecule has 5 heteroatoms. The molecule has 0 saturated carbocycles. The van der Waals surface area contributed by atoms with Gasteiger partial charge < -0.3 is 14.7 Å². The Morgan fingerprint density at radius 2 is 0.863 bits per heavy atom. The maximum atomic E-state index is 12.9. The molecular formula is C46H89NO4. The van der Waals surface area contributed by atoms with Crippen LogP contribution in [-0.2, 0) is 14.3 Å². The summed E-state index contributed by atoms with van der Waals surface area (Å²) in [7, 11) is 0. The smallest absolute Gasteiger partial charge is 0.333 e. The molecule has 0 heterocycles. The molecule has 0 radical (unpaired) electrons. The number of carbonyl (C=O) groups excluding carboxylic acids is 2. The Labute approximate surface area is 318 Å². The van der Waals surface area contributed by atoms with Gasteiger partial charge in [0.15, 0.2) is 0 Å². The summed E-state index contributed by atoms with van der Waals surface area (Å²) in [4.78, 5) is 27.5. The van der Waals surface area contributed by atoms with E-state index in [-0.39, 0.29) is 12.6 Å². The fourth-order valence-electron chi connectivity index (χ4n) is 7.06. The van der Waals surface area contributed by atoms with Crippen LogP contribution in [-0.4, -0.2) is 54.6 Å². The van der Waals surface area contributed by atoms with Crippen molar-refractivity contribution in [1.82, 2.24) is 4.90 Å². The average molecular weight is 720 g/mol. The molecule has 0 aliphatic heterocycles. The molecule has 0 amide bonds. The largest absolute Gasteiger partial charge is 0.462 e. The number of Topliss-reactive ketones (excluding diaryl/α,β-unsaturated/α-hetero) is 1. The third kappa shape index (κ3) is 36.9. The lowest BCUT2D eigenvalue weighted by molar-refractivity contribution is -0.139. The third-order valence-corrected chi connectivity index (χ3v) is 10.5. The summed E-state index contributed by atoms with van der Waals surface area (Å²) in [6.45, 7) is 10.4. The fourth-order valence-corrected chi connectivity index (χ4v) is 7.06. The molecule has 0 unspecified atom stereocenters. The number of rotatable bonds is 42. The van der Waals surface area contributed by atoms with E-state index in [1.54, 1.807) is 0 Å². The van der Waals surface area contributed by atoms with Crippen LogP contribution < -0.4 is 0 Å². The molecular weight excluding hydrogens is 631 g/mol. The van der Waals surface area contributed by atoms with Crippen molar-refractivity contribution in [3.8, 4) is 0 Å². The average Bonchev–Trinajstić information content (AvgIpc) is 3.13. The molecule has 5 nitrogen and oxygen atoms in total. The topological polar surface area (TPSA) is 66.8 Å². The minimum Gasteiger partial charge on any atom is -0.462 e. The number of esters is 1. The summed E-state index contributed by atoms with van der Waals surface area (Å²) in [6.07, 6.45) is 42.5. The van der Waals surface area contributed by atoms with Crippen molar-refractivity contribution in [2.75, 3.05) is 32.8 Å². The lowest BCUT2D eigenvalue weighted by Gasteiger charge is -2.21. The monoisotopic (exact) mass is 720 g/mol. The quantitative estimate of drug-likeness (QED) is 0.0386. The zero-order chi connectivity index (χ0) is 37.3. The van der Waals surface area contributed by atoms with Gasteiger partial charge in [0.2, 0.25) is 0 Å². The highest BCUT2D eigenvalue weighted by molar-refractivity contribution is 5.88. The number of aliphatic hydroxyl groups excluding tert-OH is 1. The lowest BCUT2D eigenvalue weighted by atomic mass is 10.0. The van der Waals surface area contributed by atoms with Crippen molar-refractivity contribution >= 4 is 11.8 Å². The van der Waals surface area contributed by atoms with E-state index in [1.807, 2.05) is 0 Å². The van der Waals surface area contributed by atoms with Gasteiger partial charge in [0.25, 0.3) is 0 Å². The van der Waals surface area contributed by atoms with Crippen LogP contribution >= 0.6 is 0 Å². The van der Waals surface area contributed by atoms with Gasteiger partial charge in [-0.2, -0.15) is 0 Å². The van der Waals surface area contributed by atoms with Gasteiger partial charge in [-0.1, -0.05) is 175 Å². The number of unbranched alkanes of at least 4 members (excludes halogenated alkanes) is 26. The predicted molar refractivity (Wildman–Crippen MR) is 222 cm³/mol. The highest BCUT2D eigenvalue weighted by Crippen LogP contribution is 2.17. The van der Waals surface area contributed by atoms with Crippen LogP contribution in [0.3, 0.4) is 0 Å². The second-order valence-corrected chi connectivity index (χ2v) is 15.6. The predicted octanol–water partition coefficient (Wildman–Crippen LogP) is 13.6. The minimum absolute atomic E-state index is 0.0717. The van der Waals surface area contributed by atoms with Crippen LogP contribution in [0.1, 0.15) is 239 Å². The SMILES string of the molecule is CCCCCCC/C=C(\CCCCCCCC)C(=O)OCCCCCCCN(CCO)CCCCCCCCCC(=O)CCCCCCCCC. The summed E-state index contributed by atoms with van der Waals surface area (Å²) >= 11 is 0. The minimum atomic E-state index is -0.0717. The molecule has 0 rings (SSSR count). The van der Waals surface area contributed by atoms with Crippen molar-refractivity contribution in [1.29, 1.82) is 0 Å². The summed E-state index contributed by atoms with van der Waals surface area (Å²) in [5.74, 6) is 0.407. The zero-order valence-corrected chi connectivity index (χ0v) is 34.8. The molecule has 0 aromatic rings. The number of carbonyl (C=O) groups is 2. The Kier molecular flexibility index (Phi) is 40.6. The standard InChI is InChI=1S/C46H89NO4/c1-4-7-10-13-17-23-30-37-45(49)38-31-24-18-16-19-25-32-39-47(41-42-48)40-33-26-20-27-34-43-51-46(50)44(35-28-21-14-11-8-5-2)36-29-22-15-12-9-6-3/h35,48H,4-34,36-43H2,1-3H3/b44-35+. The van der Waals surface area contributed by atoms with Gasteiger partial charge >= 0.3 is 5.97 Å². The summed E-state index contributed by atoms with van der Waals surface area (Å²) in [6, 6.07) is 0. The molecule has 0 aromatic heterocycles. The molecule has 0 fully saturated rings. The van der Waals surface area contributed by atoms with Gasteiger partial charge in [-0.3, -0.25) is 4.79 Å². The molecule has 0 atom stereocenters. The molecule has 0 aliphatic carbocycles. The number of hydrogen-bond donors (Lipinski definition) is 1. The van der Waals surface area contributed by atoms with Crippen LogP contribution in [0.4, 0.5) is 0 Å². The first-order valence-corrected chi connectivity index (χ1v) is 22.8. The van der Waals surface area contributed by atoms with E-state index in [1.165, 1.54) is 161 Å². The van der Waals surface area contributed by atoms with E-state index >= 15 is 0 Å². The molecule has 0 bridgehead atoms.